The molecule has 1 heterocycles. The average molecular weight is 278 g/mol. The number of hydrogen-bond donors (Lipinski definition) is 1. The van der Waals surface area contributed by atoms with Crippen LogP contribution in [0.4, 0.5) is 5.69 Å². The molecule has 0 aliphatic heterocycles. The lowest BCUT2D eigenvalue weighted by Crippen LogP contribution is -1.96. The van der Waals surface area contributed by atoms with Gasteiger partial charge in [0.1, 0.15) is 5.75 Å². The first kappa shape index (κ1) is 13.2. The molecule has 98 valence electrons. The van der Waals surface area contributed by atoms with Gasteiger partial charge in [0.2, 0.25) is 5.78 Å². The highest BCUT2D eigenvalue weighted by atomic mass is 35.5. The Morgan fingerprint density at radius 1 is 1.42 bits per heavy atom. The number of nitrogens with one attached hydrogen (secondary N) is 1. The molecule has 4 nitrogen and oxygen atoms in total. The van der Waals surface area contributed by atoms with Crippen LogP contribution in [0.5, 0.6) is 5.75 Å². The maximum absolute atomic E-state index is 11.6. The smallest absolute Gasteiger partial charge is 0.222 e. The number of furan rings is 1. The fraction of sp³-hybridized carbons (Fsp3) is 0.0714. The van der Waals surface area contributed by atoms with E-state index in [1.807, 2.05) is 0 Å². The van der Waals surface area contributed by atoms with E-state index >= 15 is 0 Å². The van der Waals surface area contributed by atoms with Crippen molar-refractivity contribution in [1.29, 1.82) is 0 Å². The number of anilines is 1. The Kier molecular flexibility index (Phi) is 4.26. The largest absolute Gasteiger partial charge is 0.495 e. The van der Waals surface area contributed by atoms with Gasteiger partial charge in [-0.05, 0) is 30.3 Å². The van der Waals surface area contributed by atoms with E-state index in [1.165, 1.54) is 18.5 Å². The molecule has 0 aliphatic carbocycles. The van der Waals surface area contributed by atoms with Crippen LogP contribution in [0.1, 0.15) is 10.6 Å². The van der Waals surface area contributed by atoms with Crippen LogP contribution < -0.4 is 10.1 Å². The number of rotatable bonds is 5. The number of hydrogen-bond acceptors (Lipinski definition) is 4. The van der Waals surface area contributed by atoms with Crippen LogP contribution in [0, 0.1) is 0 Å². The van der Waals surface area contributed by atoms with Crippen LogP contribution >= 0.6 is 11.6 Å². The Hall–Kier alpha value is -2.20. The number of ketones is 1. The molecule has 0 atom stereocenters. The van der Waals surface area contributed by atoms with E-state index in [2.05, 4.69) is 5.32 Å². The van der Waals surface area contributed by atoms with E-state index in [4.69, 9.17) is 20.8 Å². The van der Waals surface area contributed by atoms with Crippen LogP contribution in [-0.2, 0) is 0 Å². The van der Waals surface area contributed by atoms with Gasteiger partial charge in [-0.25, -0.2) is 0 Å². The van der Waals surface area contributed by atoms with Gasteiger partial charge in [-0.2, -0.15) is 0 Å². The number of methoxy groups -OCH3 is 1. The van der Waals surface area contributed by atoms with Gasteiger partial charge in [0, 0.05) is 17.3 Å². The van der Waals surface area contributed by atoms with Crippen molar-refractivity contribution in [3.05, 3.63) is 59.7 Å². The molecular weight excluding hydrogens is 266 g/mol. The number of carbonyl (C=O) groups is 1. The summed E-state index contributed by atoms with van der Waals surface area (Å²) < 4.78 is 10.2. The van der Waals surface area contributed by atoms with E-state index in [9.17, 15) is 4.79 Å². The Labute approximate surface area is 115 Å². The van der Waals surface area contributed by atoms with E-state index in [-0.39, 0.29) is 11.5 Å². The summed E-state index contributed by atoms with van der Waals surface area (Å²) in [6, 6.07) is 8.44. The molecule has 1 aromatic heterocycles. The summed E-state index contributed by atoms with van der Waals surface area (Å²) in [4.78, 5) is 11.6. The highest BCUT2D eigenvalue weighted by molar-refractivity contribution is 6.30. The van der Waals surface area contributed by atoms with Crippen LogP contribution in [-0.4, -0.2) is 12.9 Å². The molecular formula is C14H12ClNO3. The van der Waals surface area contributed by atoms with Crippen molar-refractivity contribution >= 4 is 23.1 Å². The SMILES string of the molecule is COc1ccc(Cl)cc1NC=CC(=O)c1ccco1. The van der Waals surface area contributed by atoms with Gasteiger partial charge in [0.25, 0.3) is 0 Å². The minimum atomic E-state index is -0.224. The molecule has 2 rings (SSSR count). The summed E-state index contributed by atoms with van der Waals surface area (Å²) in [6.07, 6.45) is 4.34. The fourth-order valence-corrected chi connectivity index (χ4v) is 1.67. The number of benzene rings is 1. The maximum atomic E-state index is 11.6. The molecule has 1 N–H and O–H groups in total. The van der Waals surface area contributed by atoms with Crippen molar-refractivity contribution in [3.8, 4) is 5.75 Å². The number of allylic oxidation sites excluding steroid dienone is 1. The Balaban J connectivity index is 2.06. The predicted octanol–water partition coefficient (Wildman–Crippen LogP) is 3.75. The molecule has 0 bridgehead atoms. The quantitative estimate of drug-likeness (QED) is 0.668. The second-order valence-corrected chi connectivity index (χ2v) is 4.10. The molecule has 5 heteroatoms. The average Bonchev–Trinajstić information content (AvgIpc) is 2.93. The molecule has 0 spiro atoms. The minimum absolute atomic E-state index is 0.224. The summed E-state index contributed by atoms with van der Waals surface area (Å²) in [6.45, 7) is 0. The van der Waals surface area contributed by atoms with Crippen molar-refractivity contribution in [1.82, 2.24) is 0 Å². The molecule has 0 saturated heterocycles. The van der Waals surface area contributed by atoms with E-state index in [0.717, 1.165) is 0 Å². The molecule has 1 aromatic carbocycles. The first-order chi connectivity index (χ1) is 9.20. The van der Waals surface area contributed by atoms with Gasteiger partial charge in [-0.1, -0.05) is 11.6 Å². The predicted molar refractivity (Wildman–Crippen MR) is 73.8 cm³/mol. The zero-order valence-corrected chi connectivity index (χ0v) is 11.0. The fourth-order valence-electron chi connectivity index (χ4n) is 1.50. The molecule has 2 aromatic rings. The van der Waals surface area contributed by atoms with Crippen molar-refractivity contribution in [2.24, 2.45) is 0 Å². The van der Waals surface area contributed by atoms with Crippen molar-refractivity contribution in [2.45, 2.75) is 0 Å². The lowest BCUT2D eigenvalue weighted by Gasteiger charge is -2.07. The van der Waals surface area contributed by atoms with E-state index in [1.54, 1.807) is 37.4 Å². The third kappa shape index (κ3) is 3.39. The third-order valence-corrected chi connectivity index (χ3v) is 2.63. The zero-order valence-electron chi connectivity index (χ0n) is 10.2. The highest BCUT2D eigenvalue weighted by Crippen LogP contribution is 2.27. The van der Waals surface area contributed by atoms with E-state index < -0.39 is 0 Å². The summed E-state index contributed by atoms with van der Waals surface area (Å²) >= 11 is 5.89. The summed E-state index contributed by atoms with van der Waals surface area (Å²) in [5, 5.41) is 3.52. The van der Waals surface area contributed by atoms with Crippen LogP contribution in [0.3, 0.4) is 0 Å². The molecule has 0 saturated carbocycles. The Morgan fingerprint density at radius 2 is 2.26 bits per heavy atom. The Morgan fingerprint density at radius 3 is 2.95 bits per heavy atom. The van der Waals surface area contributed by atoms with Gasteiger partial charge in [0.15, 0.2) is 5.76 Å². The second kappa shape index (κ2) is 6.11. The minimum Gasteiger partial charge on any atom is -0.495 e. The maximum Gasteiger partial charge on any atom is 0.222 e. The van der Waals surface area contributed by atoms with Gasteiger partial charge in [-0.15, -0.1) is 0 Å². The molecule has 0 unspecified atom stereocenters. The van der Waals surface area contributed by atoms with Gasteiger partial charge in [-0.3, -0.25) is 4.79 Å². The van der Waals surface area contributed by atoms with Gasteiger partial charge >= 0.3 is 0 Å². The molecule has 19 heavy (non-hydrogen) atoms. The number of ether oxygens (including phenoxy) is 1. The lowest BCUT2D eigenvalue weighted by molar-refractivity contribution is 0.102. The highest BCUT2D eigenvalue weighted by Gasteiger charge is 2.04. The summed E-state index contributed by atoms with van der Waals surface area (Å²) in [7, 11) is 1.56. The van der Waals surface area contributed by atoms with Crippen LogP contribution in [0.25, 0.3) is 0 Å². The lowest BCUT2D eigenvalue weighted by atomic mass is 10.3. The first-order valence-electron chi connectivity index (χ1n) is 5.55. The normalized spacial score (nSPS) is 10.6. The van der Waals surface area contributed by atoms with Crippen molar-refractivity contribution in [2.75, 3.05) is 12.4 Å². The van der Waals surface area contributed by atoms with Crippen molar-refractivity contribution < 1.29 is 13.9 Å². The second-order valence-electron chi connectivity index (χ2n) is 3.66. The number of halogens is 1. The van der Waals surface area contributed by atoms with Gasteiger partial charge < -0.3 is 14.5 Å². The topological polar surface area (TPSA) is 51.5 Å². The first-order valence-corrected chi connectivity index (χ1v) is 5.93. The molecule has 0 aliphatic rings. The Bertz CT molecular complexity index is 591. The van der Waals surface area contributed by atoms with Gasteiger partial charge in [0.05, 0.1) is 19.1 Å². The van der Waals surface area contributed by atoms with Crippen molar-refractivity contribution in [3.63, 3.8) is 0 Å². The molecule has 0 radical (unpaired) electrons. The molecule has 0 amide bonds. The van der Waals surface area contributed by atoms with Crippen LogP contribution in [0.2, 0.25) is 5.02 Å². The molecule has 0 fully saturated rings. The standard InChI is InChI=1S/C14H12ClNO3/c1-18-13-5-4-10(15)9-11(13)16-7-6-12(17)14-3-2-8-19-14/h2-9,16H,1H3. The third-order valence-electron chi connectivity index (χ3n) is 2.40. The monoisotopic (exact) mass is 277 g/mol. The summed E-state index contributed by atoms with van der Waals surface area (Å²) in [5.41, 5.74) is 0.679. The van der Waals surface area contributed by atoms with Crippen LogP contribution in [0.15, 0.2) is 53.3 Å². The van der Waals surface area contributed by atoms with E-state index in [0.29, 0.717) is 16.5 Å². The zero-order chi connectivity index (χ0) is 13.7. The summed E-state index contributed by atoms with van der Waals surface area (Å²) in [5.74, 6) is 0.703. The number of carbonyl (C=O) groups excluding carboxylic acids is 1.